The Kier molecular flexibility index (Phi) is 5.28. The van der Waals surface area contributed by atoms with E-state index >= 15 is 0 Å². The predicted molar refractivity (Wildman–Crippen MR) is 107 cm³/mol. The lowest BCUT2D eigenvalue weighted by Gasteiger charge is -2.17. The largest absolute Gasteiger partial charge is 0.444 e. The fraction of sp³-hybridized carbons (Fsp3) is 0.211. The van der Waals surface area contributed by atoms with Gasteiger partial charge in [0.15, 0.2) is 0 Å². The molecule has 0 fully saturated rings. The average molecular weight is 415 g/mol. The number of nitrogens with two attached hydrogens (primary N) is 1. The molecule has 8 nitrogen and oxygen atoms in total. The van der Waals surface area contributed by atoms with E-state index in [2.05, 4.69) is 10.4 Å². The number of ether oxygens (including phenoxy) is 1. The summed E-state index contributed by atoms with van der Waals surface area (Å²) in [6, 6.07) is 9.70. The molecule has 4 rings (SSSR count). The van der Waals surface area contributed by atoms with Crippen LogP contribution in [0, 0.1) is 0 Å². The third kappa shape index (κ3) is 3.98. The molecule has 2 aromatic heterocycles. The number of fused-ring (bicyclic) bond motifs is 1. The summed E-state index contributed by atoms with van der Waals surface area (Å²) in [5.74, 6) is 0. The Morgan fingerprint density at radius 3 is 3.00 bits per heavy atom. The van der Waals surface area contributed by atoms with Crippen molar-refractivity contribution in [1.82, 2.24) is 14.3 Å². The van der Waals surface area contributed by atoms with Crippen molar-refractivity contribution in [2.75, 3.05) is 11.9 Å². The molecule has 3 N–H and O–H groups in total. The average Bonchev–Trinajstić information content (AvgIpc) is 3.33. The second-order valence-corrected chi connectivity index (χ2v) is 7.68. The fourth-order valence-corrected chi connectivity index (χ4v) is 3.99. The number of halogens is 1. The van der Waals surface area contributed by atoms with E-state index in [0.717, 1.165) is 26.6 Å². The molecule has 0 saturated heterocycles. The molecule has 3 aromatic rings. The Balaban J connectivity index is 1.51. The van der Waals surface area contributed by atoms with E-state index < -0.39 is 6.09 Å². The van der Waals surface area contributed by atoms with Crippen LogP contribution in [0.25, 0.3) is 10.4 Å². The smallest absolute Gasteiger partial charge is 0.411 e. The van der Waals surface area contributed by atoms with E-state index in [1.165, 1.54) is 15.6 Å². The summed E-state index contributed by atoms with van der Waals surface area (Å²) in [7, 11) is 0. The summed E-state index contributed by atoms with van der Waals surface area (Å²) in [5, 5.41) is 6.69. The number of carbonyl (C=O) groups is 1. The van der Waals surface area contributed by atoms with Gasteiger partial charge in [-0.05, 0) is 35.4 Å². The van der Waals surface area contributed by atoms with E-state index in [9.17, 15) is 14.0 Å². The second-order valence-electron chi connectivity index (χ2n) is 6.51. The summed E-state index contributed by atoms with van der Waals surface area (Å²) in [6.45, 7) is 0.659. The third-order valence-electron chi connectivity index (χ3n) is 4.54. The molecule has 1 aromatic carbocycles. The first-order valence-electron chi connectivity index (χ1n) is 8.83. The molecule has 0 saturated carbocycles. The van der Waals surface area contributed by atoms with Crippen molar-refractivity contribution in [3.63, 3.8) is 0 Å². The summed E-state index contributed by atoms with van der Waals surface area (Å²) < 4.78 is 20.4. The van der Waals surface area contributed by atoms with Crippen LogP contribution in [0.15, 0.2) is 53.4 Å². The number of rotatable bonds is 6. The molecule has 0 bridgehead atoms. The highest BCUT2D eigenvalue weighted by atomic mass is 32.1. The maximum atomic E-state index is 12.7. The van der Waals surface area contributed by atoms with Gasteiger partial charge < -0.3 is 10.5 Å². The van der Waals surface area contributed by atoms with Gasteiger partial charge in [-0.15, -0.1) is 11.3 Å². The SMILES string of the molecule is NC/C(=C\F)Cn1ncn(Cc2ccc(-c3ccc4c(c3)COC(=O)N4)s2)c1=O. The summed E-state index contributed by atoms with van der Waals surface area (Å²) >= 11 is 1.56. The van der Waals surface area contributed by atoms with Crippen LogP contribution < -0.4 is 16.7 Å². The van der Waals surface area contributed by atoms with E-state index in [1.807, 2.05) is 30.3 Å². The maximum Gasteiger partial charge on any atom is 0.411 e. The van der Waals surface area contributed by atoms with E-state index in [1.54, 1.807) is 11.3 Å². The third-order valence-corrected chi connectivity index (χ3v) is 5.66. The zero-order valence-corrected chi connectivity index (χ0v) is 16.1. The van der Waals surface area contributed by atoms with Crippen LogP contribution in [0.2, 0.25) is 0 Å². The lowest BCUT2D eigenvalue weighted by Crippen LogP contribution is -2.26. The first kappa shape index (κ1) is 19.1. The molecule has 1 aliphatic heterocycles. The van der Waals surface area contributed by atoms with Crippen LogP contribution >= 0.6 is 11.3 Å². The number of nitrogens with one attached hydrogen (secondary N) is 1. The highest BCUT2D eigenvalue weighted by molar-refractivity contribution is 7.15. The number of hydrogen-bond acceptors (Lipinski definition) is 6. The summed E-state index contributed by atoms with van der Waals surface area (Å²) in [6.07, 6.45) is 1.40. The normalized spacial score (nSPS) is 13.7. The first-order chi connectivity index (χ1) is 14.1. The number of benzene rings is 1. The molecule has 10 heteroatoms. The lowest BCUT2D eigenvalue weighted by molar-refractivity contribution is 0.151. The van der Waals surface area contributed by atoms with E-state index in [4.69, 9.17) is 10.5 Å². The lowest BCUT2D eigenvalue weighted by atomic mass is 10.1. The monoisotopic (exact) mass is 415 g/mol. The van der Waals surface area contributed by atoms with Crippen molar-refractivity contribution >= 4 is 23.1 Å². The van der Waals surface area contributed by atoms with Gasteiger partial charge in [0, 0.05) is 21.9 Å². The zero-order chi connectivity index (χ0) is 20.4. The number of amides is 1. The first-order valence-corrected chi connectivity index (χ1v) is 9.65. The molecule has 150 valence electrons. The van der Waals surface area contributed by atoms with Crippen LogP contribution in [-0.4, -0.2) is 27.0 Å². The number of carbonyl (C=O) groups excluding carboxylic acids is 1. The molecule has 29 heavy (non-hydrogen) atoms. The van der Waals surface area contributed by atoms with Crippen LogP contribution in [0.3, 0.4) is 0 Å². The van der Waals surface area contributed by atoms with Crippen LogP contribution in [0.5, 0.6) is 0 Å². The van der Waals surface area contributed by atoms with Crippen molar-refractivity contribution in [2.24, 2.45) is 5.73 Å². The van der Waals surface area contributed by atoms with E-state index in [-0.39, 0.29) is 25.4 Å². The molecule has 1 aliphatic rings. The number of thiophene rings is 1. The molecule has 1 amide bonds. The number of cyclic esters (lactones) is 1. The Labute approximate surface area is 169 Å². The Hall–Kier alpha value is -3.24. The van der Waals surface area contributed by atoms with E-state index in [0.29, 0.717) is 18.4 Å². The highest BCUT2D eigenvalue weighted by Crippen LogP contribution is 2.32. The van der Waals surface area contributed by atoms with Gasteiger partial charge in [0.05, 0.1) is 25.1 Å². The molecule has 0 spiro atoms. The predicted octanol–water partition coefficient (Wildman–Crippen LogP) is 2.70. The van der Waals surface area contributed by atoms with Crippen LogP contribution in [-0.2, 0) is 24.4 Å². The van der Waals surface area contributed by atoms with Gasteiger partial charge in [0.25, 0.3) is 0 Å². The molecule has 0 unspecified atom stereocenters. The molecule has 0 radical (unpaired) electrons. The molecular weight excluding hydrogens is 397 g/mol. The Morgan fingerprint density at radius 1 is 1.34 bits per heavy atom. The number of aromatic nitrogens is 3. The van der Waals surface area contributed by atoms with Crippen molar-refractivity contribution in [3.8, 4) is 10.4 Å². The minimum Gasteiger partial charge on any atom is -0.444 e. The maximum absolute atomic E-state index is 12.7. The van der Waals surface area contributed by atoms with Gasteiger partial charge in [-0.25, -0.2) is 18.7 Å². The fourth-order valence-electron chi connectivity index (χ4n) is 2.99. The second kappa shape index (κ2) is 8.02. The number of anilines is 1. The van der Waals surface area contributed by atoms with Gasteiger partial charge in [-0.3, -0.25) is 9.88 Å². The van der Waals surface area contributed by atoms with Crippen molar-refractivity contribution in [2.45, 2.75) is 19.7 Å². The van der Waals surface area contributed by atoms with Crippen LogP contribution in [0.4, 0.5) is 14.9 Å². The number of nitrogens with zero attached hydrogens (tertiary/aromatic N) is 3. The molecule has 0 atom stereocenters. The zero-order valence-electron chi connectivity index (χ0n) is 15.3. The minimum atomic E-state index is -0.449. The summed E-state index contributed by atoms with van der Waals surface area (Å²) in [5.41, 5.74) is 8.07. The molecule has 3 heterocycles. The van der Waals surface area contributed by atoms with Gasteiger partial charge in [-0.1, -0.05) is 6.07 Å². The Bertz CT molecular complexity index is 1150. The van der Waals surface area contributed by atoms with Crippen LogP contribution in [0.1, 0.15) is 10.4 Å². The summed E-state index contributed by atoms with van der Waals surface area (Å²) in [4.78, 5) is 25.7. The topological polar surface area (TPSA) is 104 Å². The van der Waals surface area contributed by atoms with Crippen molar-refractivity contribution in [1.29, 1.82) is 0 Å². The highest BCUT2D eigenvalue weighted by Gasteiger charge is 2.16. The van der Waals surface area contributed by atoms with Gasteiger partial charge in [0.2, 0.25) is 0 Å². The van der Waals surface area contributed by atoms with Crippen molar-refractivity contribution in [3.05, 3.63) is 69.5 Å². The molecular formula is C19H18FN5O3S. The number of hydrogen-bond donors (Lipinski definition) is 2. The van der Waals surface area contributed by atoms with Gasteiger partial charge in [-0.2, -0.15) is 5.10 Å². The Morgan fingerprint density at radius 2 is 2.21 bits per heavy atom. The van der Waals surface area contributed by atoms with Crippen molar-refractivity contribution < 1.29 is 13.9 Å². The quantitative estimate of drug-likeness (QED) is 0.644. The molecule has 0 aliphatic carbocycles. The minimum absolute atomic E-state index is 0.0274. The standard InChI is InChI=1S/C19H18FN5O3S/c20-6-12(7-21)8-25-19(27)24(11-22-25)9-15-2-4-17(29-15)13-1-3-16-14(5-13)10-28-18(26)23-16/h1-6,11H,7-10,21H2,(H,23,26)/b12-6+. The van der Waals surface area contributed by atoms with Gasteiger partial charge in [0.1, 0.15) is 12.9 Å². The van der Waals surface area contributed by atoms with Gasteiger partial charge >= 0.3 is 11.8 Å².